The van der Waals surface area contributed by atoms with E-state index in [2.05, 4.69) is 40.4 Å². The number of H-pyrrole nitrogens is 1. The maximum Gasteiger partial charge on any atom is 0.136 e. The molecule has 0 spiro atoms. The molecule has 0 fully saturated rings. The van der Waals surface area contributed by atoms with E-state index in [4.69, 9.17) is 0 Å². The van der Waals surface area contributed by atoms with Crippen molar-refractivity contribution >= 4 is 35.0 Å². The van der Waals surface area contributed by atoms with E-state index < -0.39 is 0 Å². The Morgan fingerprint density at radius 3 is 3.11 bits per heavy atom. The standard InChI is InChI=1S/C4H5N3S2/c8-4(9)6-3-1-2-5-7-3/h1-2H,(H3,5,6,7,8,9). The molecular formula is C4H5N3S2. The van der Waals surface area contributed by atoms with Crippen molar-refractivity contribution in [1.29, 1.82) is 0 Å². The lowest BCUT2D eigenvalue weighted by Crippen LogP contribution is -2.00. The molecule has 0 aliphatic carbocycles. The Morgan fingerprint density at radius 1 is 1.89 bits per heavy atom. The van der Waals surface area contributed by atoms with Gasteiger partial charge in [0.05, 0.1) is 6.20 Å². The molecule has 0 unspecified atom stereocenters. The number of aromatic nitrogens is 2. The molecule has 1 aromatic rings. The predicted molar refractivity (Wildman–Crippen MR) is 43.8 cm³/mol. The first kappa shape index (κ1) is 6.57. The van der Waals surface area contributed by atoms with Gasteiger partial charge in [-0.2, -0.15) is 5.10 Å². The molecule has 48 valence electrons. The highest BCUT2D eigenvalue weighted by Crippen LogP contribution is 1.99. The van der Waals surface area contributed by atoms with E-state index in [1.807, 2.05) is 0 Å². The fraction of sp³-hybridized carbons (Fsp3) is 0. The lowest BCUT2D eigenvalue weighted by molar-refractivity contribution is 1.10. The highest BCUT2D eigenvalue weighted by atomic mass is 32.1. The highest BCUT2D eigenvalue weighted by Gasteiger charge is 1.89. The van der Waals surface area contributed by atoms with E-state index in [9.17, 15) is 0 Å². The summed E-state index contributed by atoms with van der Waals surface area (Å²) < 4.78 is 0.430. The van der Waals surface area contributed by atoms with Gasteiger partial charge in [-0.15, -0.1) is 12.6 Å². The first-order valence-corrected chi connectivity index (χ1v) is 3.14. The van der Waals surface area contributed by atoms with Crippen molar-refractivity contribution in [3.63, 3.8) is 0 Å². The van der Waals surface area contributed by atoms with Gasteiger partial charge < -0.3 is 5.32 Å². The van der Waals surface area contributed by atoms with Crippen LogP contribution < -0.4 is 5.32 Å². The predicted octanol–water partition coefficient (Wildman–Crippen LogP) is 1.04. The summed E-state index contributed by atoms with van der Waals surface area (Å²) in [4.78, 5) is 0. The second-order valence-corrected chi connectivity index (χ2v) is 2.56. The number of hydrogen-bond acceptors (Lipinski definition) is 2. The van der Waals surface area contributed by atoms with Crippen molar-refractivity contribution < 1.29 is 0 Å². The van der Waals surface area contributed by atoms with Crippen molar-refractivity contribution in [2.75, 3.05) is 5.32 Å². The van der Waals surface area contributed by atoms with Crippen molar-refractivity contribution in [3.8, 4) is 0 Å². The van der Waals surface area contributed by atoms with Crippen LogP contribution in [0.3, 0.4) is 0 Å². The summed E-state index contributed by atoms with van der Waals surface area (Å²) >= 11 is 8.51. The lowest BCUT2D eigenvalue weighted by Gasteiger charge is -1.94. The summed E-state index contributed by atoms with van der Waals surface area (Å²) in [5, 5.41) is 9.13. The molecule has 1 aromatic heterocycles. The Balaban J connectivity index is 2.58. The van der Waals surface area contributed by atoms with Crippen LogP contribution in [0.1, 0.15) is 0 Å². The molecule has 1 heterocycles. The summed E-state index contributed by atoms with van der Waals surface area (Å²) in [6.45, 7) is 0. The van der Waals surface area contributed by atoms with Crippen LogP contribution in [0.15, 0.2) is 12.3 Å². The van der Waals surface area contributed by atoms with Crippen molar-refractivity contribution in [2.24, 2.45) is 0 Å². The molecule has 0 amide bonds. The molecule has 5 heteroatoms. The van der Waals surface area contributed by atoms with E-state index in [0.29, 0.717) is 4.32 Å². The summed E-state index contributed by atoms with van der Waals surface area (Å²) in [5.74, 6) is 0.759. The quantitative estimate of drug-likeness (QED) is 0.423. The zero-order valence-electron chi connectivity index (χ0n) is 4.46. The average Bonchev–Trinajstić information content (AvgIpc) is 2.15. The summed E-state index contributed by atoms with van der Waals surface area (Å²) in [6, 6.07) is 1.77. The fourth-order valence-electron chi connectivity index (χ4n) is 0.441. The fourth-order valence-corrected chi connectivity index (χ4v) is 0.671. The summed E-state index contributed by atoms with van der Waals surface area (Å²) in [5.41, 5.74) is 0. The van der Waals surface area contributed by atoms with E-state index in [0.717, 1.165) is 5.82 Å². The van der Waals surface area contributed by atoms with E-state index >= 15 is 0 Å². The maximum atomic E-state index is 4.65. The Kier molecular flexibility index (Phi) is 2.07. The molecule has 2 N–H and O–H groups in total. The molecule has 0 saturated carbocycles. The Morgan fingerprint density at radius 2 is 2.67 bits per heavy atom. The van der Waals surface area contributed by atoms with Gasteiger partial charge in [0.2, 0.25) is 0 Å². The van der Waals surface area contributed by atoms with Gasteiger partial charge in [0.1, 0.15) is 10.1 Å². The van der Waals surface area contributed by atoms with Crippen LogP contribution in [0.5, 0.6) is 0 Å². The molecule has 0 aliphatic heterocycles. The number of nitrogens with zero attached hydrogens (tertiary/aromatic N) is 1. The number of thiocarbonyl (C=S) groups is 1. The molecule has 0 radical (unpaired) electrons. The van der Waals surface area contributed by atoms with Gasteiger partial charge in [0.25, 0.3) is 0 Å². The molecule has 0 saturated heterocycles. The minimum atomic E-state index is 0.430. The van der Waals surface area contributed by atoms with Crippen molar-refractivity contribution in [3.05, 3.63) is 12.3 Å². The van der Waals surface area contributed by atoms with Gasteiger partial charge in [0.15, 0.2) is 0 Å². The molecule has 0 aromatic carbocycles. The van der Waals surface area contributed by atoms with Crippen LogP contribution in [0.25, 0.3) is 0 Å². The molecule has 0 aliphatic rings. The minimum Gasteiger partial charge on any atom is -0.326 e. The topological polar surface area (TPSA) is 40.7 Å². The normalized spacial score (nSPS) is 9.00. The van der Waals surface area contributed by atoms with E-state index in [1.165, 1.54) is 0 Å². The lowest BCUT2D eigenvalue weighted by atomic mass is 10.6. The Hall–Kier alpha value is -0.550. The molecule has 1 rings (SSSR count). The van der Waals surface area contributed by atoms with Crippen molar-refractivity contribution in [2.45, 2.75) is 0 Å². The van der Waals surface area contributed by atoms with E-state index in [1.54, 1.807) is 12.3 Å². The average molecular weight is 159 g/mol. The second-order valence-electron chi connectivity index (χ2n) is 1.40. The zero-order valence-corrected chi connectivity index (χ0v) is 6.17. The Bertz CT molecular complexity index is 194. The molecule has 3 nitrogen and oxygen atoms in total. The number of aromatic amines is 1. The monoisotopic (exact) mass is 159 g/mol. The molecule has 9 heavy (non-hydrogen) atoms. The number of anilines is 1. The SMILES string of the molecule is S=C(S)Nc1ccn[nH]1. The van der Waals surface area contributed by atoms with Crippen LogP contribution in [-0.4, -0.2) is 14.5 Å². The maximum absolute atomic E-state index is 4.65. The Labute approximate surface area is 63.3 Å². The van der Waals surface area contributed by atoms with Gasteiger partial charge >= 0.3 is 0 Å². The van der Waals surface area contributed by atoms with Gasteiger partial charge in [-0.3, -0.25) is 5.10 Å². The number of nitrogens with one attached hydrogen (secondary N) is 2. The van der Waals surface area contributed by atoms with Crippen LogP contribution in [0, 0.1) is 0 Å². The third-order valence-corrected chi connectivity index (χ3v) is 0.956. The minimum absolute atomic E-state index is 0.430. The molecule has 0 atom stereocenters. The van der Waals surface area contributed by atoms with Gasteiger partial charge in [-0.25, -0.2) is 0 Å². The van der Waals surface area contributed by atoms with Crippen LogP contribution in [0.4, 0.5) is 5.82 Å². The first-order valence-electron chi connectivity index (χ1n) is 2.28. The number of hydrogen-bond donors (Lipinski definition) is 3. The largest absolute Gasteiger partial charge is 0.326 e. The van der Waals surface area contributed by atoms with Gasteiger partial charge in [-0.05, 0) is 0 Å². The van der Waals surface area contributed by atoms with Gasteiger partial charge in [0, 0.05) is 6.07 Å². The third kappa shape index (κ3) is 2.03. The van der Waals surface area contributed by atoms with E-state index in [-0.39, 0.29) is 0 Å². The third-order valence-electron chi connectivity index (χ3n) is 0.742. The summed E-state index contributed by atoms with van der Waals surface area (Å²) in [6.07, 6.45) is 1.63. The van der Waals surface area contributed by atoms with Crippen LogP contribution in [-0.2, 0) is 0 Å². The zero-order chi connectivity index (χ0) is 6.69. The first-order chi connectivity index (χ1) is 4.29. The smallest absolute Gasteiger partial charge is 0.136 e. The van der Waals surface area contributed by atoms with Crippen molar-refractivity contribution in [1.82, 2.24) is 10.2 Å². The molecular weight excluding hydrogens is 154 g/mol. The second kappa shape index (κ2) is 2.84. The summed E-state index contributed by atoms with van der Waals surface area (Å²) in [7, 11) is 0. The van der Waals surface area contributed by atoms with Crippen LogP contribution in [0.2, 0.25) is 0 Å². The molecule has 0 bridgehead atoms. The highest BCUT2D eigenvalue weighted by molar-refractivity contribution is 8.11. The van der Waals surface area contributed by atoms with Crippen LogP contribution >= 0.6 is 24.8 Å². The van der Waals surface area contributed by atoms with Gasteiger partial charge in [-0.1, -0.05) is 12.2 Å². The number of thiol groups is 1. The number of rotatable bonds is 1.